The van der Waals surface area contributed by atoms with Crippen molar-refractivity contribution in [2.75, 3.05) is 13.6 Å². The zero-order chi connectivity index (χ0) is 26.7. The molecule has 0 bridgehead atoms. The third kappa shape index (κ3) is 5.41. The van der Waals surface area contributed by atoms with Gasteiger partial charge in [-0.15, -0.1) is 0 Å². The van der Waals surface area contributed by atoms with Gasteiger partial charge in [-0.2, -0.15) is 9.41 Å². The number of carbonyl (C=O) groups is 1. The zero-order valence-electron chi connectivity index (χ0n) is 19.9. The summed E-state index contributed by atoms with van der Waals surface area (Å²) >= 11 is 5.82. The van der Waals surface area contributed by atoms with Crippen molar-refractivity contribution in [3.63, 3.8) is 0 Å². The highest BCUT2D eigenvalue weighted by Crippen LogP contribution is 2.26. The smallest absolute Gasteiger partial charge is 0.265 e. The molecule has 0 fully saturated rings. The summed E-state index contributed by atoms with van der Waals surface area (Å²) in [6, 6.07) is 19.4. The molecule has 0 atom stereocenters. The molecule has 0 aliphatic carbocycles. The number of fused-ring (bicyclic) bond motifs is 1. The number of hydrogen-bond acceptors (Lipinski definition) is 6. The number of nitrogens with zero attached hydrogens (tertiary/aromatic N) is 3. The second-order valence-corrected chi connectivity index (χ2v) is 10.7. The van der Waals surface area contributed by atoms with Gasteiger partial charge >= 0.3 is 0 Å². The van der Waals surface area contributed by atoms with Crippen LogP contribution in [0.4, 0.5) is 0 Å². The molecule has 1 heterocycles. The minimum Gasteiger partial charge on any atom is -0.494 e. The first-order chi connectivity index (χ1) is 17.6. The van der Waals surface area contributed by atoms with E-state index in [1.54, 1.807) is 36.4 Å². The van der Waals surface area contributed by atoms with Crippen LogP contribution in [0.1, 0.15) is 11.1 Å². The van der Waals surface area contributed by atoms with Crippen molar-refractivity contribution in [2.45, 2.75) is 11.8 Å². The fraction of sp³-hybridized carbons (Fsp3) is 0.115. The summed E-state index contributed by atoms with van der Waals surface area (Å²) in [5.74, 6) is -1.06. The van der Waals surface area contributed by atoms with Gasteiger partial charge in [0.1, 0.15) is 0 Å². The first-order valence-electron chi connectivity index (χ1n) is 11.1. The number of aromatic nitrogens is 1. The predicted octanol–water partition coefficient (Wildman–Crippen LogP) is 3.43. The molecule has 11 heteroatoms. The number of rotatable bonds is 7. The van der Waals surface area contributed by atoms with Crippen molar-refractivity contribution in [1.29, 1.82) is 0 Å². The number of nitrogens with one attached hydrogen (secondary N) is 1. The number of amides is 1. The Hall–Kier alpha value is -3.99. The third-order valence-electron chi connectivity index (χ3n) is 5.67. The van der Waals surface area contributed by atoms with Gasteiger partial charge in [-0.05, 0) is 49.4 Å². The fourth-order valence-electron chi connectivity index (χ4n) is 3.70. The van der Waals surface area contributed by atoms with Crippen LogP contribution in [-0.4, -0.2) is 48.1 Å². The summed E-state index contributed by atoms with van der Waals surface area (Å²) in [4.78, 5) is 25.6. The van der Waals surface area contributed by atoms with Gasteiger partial charge in [-0.1, -0.05) is 47.5 Å². The van der Waals surface area contributed by atoms with E-state index in [4.69, 9.17) is 11.6 Å². The third-order valence-corrected chi connectivity index (χ3v) is 7.74. The van der Waals surface area contributed by atoms with E-state index in [1.165, 1.54) is 37.5 Å². The zero-order valence-corrected chi connectivity index (χ0v) is 21.5. The summed E-state index contributed by atoms with van der Waals surface area (Å²) in [5.41, 5.74) is 3.52. The minimum atomic E-state index is -3.92. The van der Waals surface area contributed by atoms with Crippen LogP contribution in [0.15, 0.2) is 87.6 Å². The van der Waals surface area contributed by atoms with E-state index in [1.807, 2.05) is 19.1 Å². The van der Waals surface area contributed by atoms with Crippen LogP contribution in [0.2, 0.25) is 5.02 Å². The van der Waals surface area contributed by atoms with Gasteiger partial charge in [0.05, 0.1) is 28.9 Å². The van der Waals surface area contributed by atoms with Crippen molar-refractivity contribution in [3.05, 3.63) is 99.3 Å². The van der Waals surface area contributed by atoms with Gasteiger partial charge in [0.15, 0.2) is 0 Å². The summed E-state index contributed by atoms with van der Waals surface area (Å²) in [6.45, 7) is 1.41. The van der Waals surface area contributed by atoms with E-state index in [2.05, 4.69) is 10.5 Å². The van der Waals surface area contributed by atoms with Gasteiger partial charge < -0.3 is 5.11 Å². The van der Waals surface area contributed by atoms with E-state index >= 15 is 0 Å². The van der Waals surface area contributed by atoms with E-state index in [0.29, 0.717) is 21.5 Å². The Balaban J connectivity index is 1.60. The number of benzene rings is 3. The lowest BCUT2D eigenvalue weighted by atomic mass is 10.1. The molecule has 0 unspecified atom stereocenters. The lowest BCUT2D eigenvalue weighted by Crippen LogP contribution is -2.36. The molecule has 4 aromatic rings. The van der Waals surface area contributed by atoms with E-state index in [-0.39, 0.29) is 16.3 Å². The van der Waals surface area contributed by atoms with Gasteiger partial charge in [-0.3, -0.25) is 9.59 Å². The molecule has 0 spiro atoms. The SMILES string of the molecule is Cc1ccc(-n2c(O)c(/C=N\NC(=O)CN(C)S(=O)(=O)c3ccc(Cl)cc3)c3ccccc3c2=O)cc1. The molecule has 37 heavy (non-hydrogen) atoms. The van der Waals surface area contributed by atoms with Crippen LogP contribution in [0.5, 0.6) is 5.88 Å². The average molecular weight is 539 g/mol. The lowest BCUT2D eigenvalue weighted by Gasteiger charge is -2.16. The van der Waals surface area contributed by atoms with Gasteiger partial charge in [0.25, 0.3) is 11.5 Å². The predicted molar refractivity (Wildman–Crippen MR) is 143 cm³/mol. The highest BCUT2D eigenvalue weighted by molar-refractivity contribution is 7.89. The normalized spacial score (nSPS) is 11.9. The maximum atomic E-state index is 13.1. The molecule has 2 N–H and O–H groups in total. The second-order valence-electron chi connectivity index (χ2n) is 8.27. The van der Waals surface area contributed by atoms with Crippen LogP contribution in [0, 0.1) is 6.92 Å². The van der Waals surface area contributed by atoms with Crippen LogP contribution >= 0.6 is 11.6 Å². The molecule has 3 aromatic carbocycles. The Morgan fingerprint density at radius 3 is 2.32 bits per heavy atom. The highest BCUT2D eigenvalue weighted by Gasteiger charge is 2.23. The van der Waals surface area contributed by atoms with E-state index < -0.39 is 28.0 Å². The number of aryl methyl sites for hydroxylation is 1. The highest BCUT2D eigenvalue weighted by atomic mass is 35.5. The Morgan fingerprint density at radius 2 is 1.68 bits per heavy atom. The number of sulfonamides is 1. The number of carbonyl (C=O) groups excluding carboxylic acids is 1. The summed E-state index contributed by atoms with van der Waals surface area (Å²) in [5, 5.41) is 16.1. The van der Waals surface area contributed by atoms with Gasteiger partial charge in [0.2, 0.25) is 15.9 Å². The Bertz CT molecular complexity index is 1660. The molecule has 1 aromatic heterocycles. The summed E-state index contributed by atoms with van der Waals surface area (Å²) < 4.78 is 27.4. The molecule has 190 valence electrons. The number of likely N-dealkylation sites (N-methyl/N-ethyl adjacent to an activating group) is 1. The quantitative estimate of drug-likeness (QED) is 0.276. The van der Waals surface area contributed by atoms with Crippen LogP contribution < -0.4 is 11.0 Å². The number of aromatic hydroxyl groups is 1. The first kappa shape index (κ1) is 26.1. The molecule has 0 saturated carbocycles. The fourth-order valence-corrected chi connectivity index (χ4v) is 4.95. The molecular formula is C26H23ClN4O5S. The molecule has 9 nitrogen and oxygen atoms in total. The first-order valence-corrected chi connectivity index (χ1v) is 12.9. The summed E-state index contributed by atoms with van der Waals surface area (Å²) in [6.07, 6.45) is 1.22. The molecular weight excluding hydrogens is 516 g/mol. The molecule has 0 aliphatic heterocycles. The number of pyridine rings is 1. The van der Waals surface area contributed by atoms with Crippen molar-refractivity contribution >= 4 is 44.5 Å². The molecule has 0 radical (unpaired) electrons. The van der Waals surface area contributed by atoms with Crippen LogP contribution in [0.25, 0.3) is 16.5 Å². The van der Waals surface area contributed by atoms with Crippen LogP contribution in [0.3, 0.4) is 0 Å². The molecule has 4 rings (SSSR count). The molecule has 0 saturated heterocycles. The summed E-state index contributed by atoms with van der Waals surface area (Å²) in [7, 11) is -2.66. The minimum absolute atomic E-state index is 0.00884. The number of hydrogen-bond donors (Lipinski definition) is 2. The van der Waals surface area contributed by atoms with Crippen molar-refractivity contribution in [2.24, 2.45) is 5.10 Å². The maximum Gasteiger partial charge on any atom is 0.265 e. The topological polar surface area (TPSA) is 121 Å². The lowest BCUT2D eigenvalue weighted by molar-refractivity contribution is -0.121. The Morgan fingerprint density at radius 1 is 1.05 bits per heavy atom. The molecule has 0 aliphatic rings. The second kappa shape index (κ2) is 10.6. The van der Waals surface area contributed by atoms with Crippen LogP contribution in [-0.2, 0) is 14.8 Å². The molecule has 1 amide bonds. The van der Waals surface area contributed by atoms with Gasteiger partial charge in [-0.25, -0.2) is 18.4 Å². The maximum absolute atomic E-state index is 13.1. The van der Waals surface area contributed by atoms with Crippen molar-refractivity contribution in [1.82, 2.24) is 14.3 Å². The van der Waals surface area contributed by atoms with E-state index in [9.17, 15) is 23.1 Å². The van der Waals surface area contributed by atoms with Crippen molar-refractivity contribution in [3.8, 4) is 11.6 Å². The largest absolute Gasteiger partial charge is 0.494 e. The van der Waals surface area contributed by atoms with Gasteiger partial charge in [0, 0.05) is 22.8 Å². The van der Waals surface area contributed by atoms with Crippen molar-refractivity contribution < 1.29 is 18.3 Å². The monoisotopic (exact) mass is 538 g/mol. The number of hydrazone groups is 1. The van der Waals surface area contributed by atoms with E-state index in [0.717, 1.165) is 14.4 Å². The standard InChI is InChI=1S/C26H23ClN4O5S/c1-17-7-11-19(12-8-17)31-25(33)22-6-4-3-5-21(22)23(26(31)34)15-28-29-24(32)16-30(2)37(35,36)20-13-9-18(27)10-14-20/h3-15,34H,16H2,1-2H3,(H,29,32)/b28-15-. The Kier molecular flexibility index (Phi) is 7.44. The average Bonchev–Trinajstić information content (AvgIpc) is 2.87. The number of halogens is 1. The Labute approximate surface area is 218 Å².